The summed E-state index contributed by atoms with van der Waals surface area (Å²) in [6.07, 6.45) is 0. The van der Waals surface area contributed by atoms with Crippen molar-refractivity contribution in [2.75, 3.05) is 13.7 Å². The normalized spacial score (nSPS) is 10.7. The summed E-state index contributed by atoms with van der Waals surface area (Å²) in [5.74, 6) is 0.332. The SMILES string of the molecule is COc1ccc(Br)c(C(=O)NCCn2nc(-c3sc(C)nc3C)ccc2=O)c1. The van der Waals surface area contributed by atoms with E-state index in [1.54, 1.807) is 31.4 Å². The van der Waals surface area contributed by atoms with Gasteiger partial charge in [-0.2, -0.15) is 5.10 Å². The predicted octanol–water partition coefficient (Wildman–Crippen LogP) is 3.18. The van der Waals surface area contributed by atoms with Crippen LogP contribution >= 0.6 is 27.3 Å². The van der Waals surface area contributed by atoms with E-state index in [-0.39, 0.29) is 24.6 Å². The van der Waals surface area contributed by atoms with E-state index in [2.05, 4.69) is 31.3 Å². The van der Waals surface area contributed by atoms with Crippen molar-refractivity contribution in [2.24, 2.45) is 0 Å². The summed E-state index contributed by atoms with van der Waals surface area (Å²) in [5.41, 5.74) is 1.82. The largest absolute Gasteiger partial charge is 0.497 e. The van der Waals surface area contributed by atoms with Crippen LogP contribution in [-0.4, -0.2) is 34.3 Å². The number of thiazole rings is 1. The van der Waals surface area contributed by atoms with E-state index >= 15 is 0 Å². The van der Waals surface area contributed by atoms with Crippen LogP contribution in [0.5, 0.6) is 5.75 Å². The molecule has 2 heterocycles. The molecule has 0 aliphatic heterocycles. The third kappa shape index (κ3) is 4.48. The second-order valence-corrected chi connectivity index (χ2v) is 8.09. The van der Waals surface area contributed by atoms with Gasteiger partial charge >= 0.3 is 0 Å². The zero-order valence-electron chi connectivity index (χ0n) is 15.7. The van der Waals surface area contributed by atoms with Gasteiger partial charge in [0.25, 0.3) is 11.5 Å². The Morgan fingerprint density at radius 1 is 1.29 bits per heavy atom. The highest BCUT2D eigenvalue weighted by Crippen LogP contribution is 2.27. The third-order valence-corrected chi connectivity index (χ3v) is 5.82. The fourth-order valence-corrected chi connectivity index (χ4v) is 3.99. The molecule has 28 heavy (non-hydrogen) atoms. The Labute approximate surface area is 174 Å². The summed E-state index contributed by atoms with van der Waals surface area (Å²) in [6, 6.07) is 8.35. The van der Waals surface area contributed by atoms with Crippen molar-refractivity contribution >= 4 is 33.2 Å². The van der Waals surface area contributed by atoms with Crippen molar-refractivity contribution in [3.05, 3.63) is 61.4 Å². The fourth-order valence-electron chi connectivity index (χ4n) is 2.68. The second-order valence-electron chi connectivity index (χ2n) is 6.03. The Bertz CT molecular complexity index is 1080. The van der Waals surface area contributed by atoms with Crippen LogP contribution in [0.25, 0.3) is 10.6 Å². The summed E-state index contributed by atoms with van der Waals surface area (Å²) >= 11 is 4.90. The van der Waals surface area contributed by atoms with Gasteiger partial charge in [0.2, 0.25) is 0 Å². The molecule has 2 aromatic heterocycles. The lowest BCUT2D eigenvalue weighted by atomic mass is 10.2. The first-order valence-electron chi connectivity index (χ1n) is 8.53. The summed E-state index contributed by atoms with van der Waals surface area (Å²) < 4.78 is 7.17. The van der Waals surface area contributed by atoms with Gasteiger partial charge in [-0.05, 0) is 54.0 Å². The molecule has 0 spiro atoms. The molecule has 146 valence electrons. The number of nitrogens with zero attached hydrogens (tertiary/aromatic N) is 3. The van der Waals surface area contributed by atoms with E-state index in [0.717, 1.165) is 15.6 Å². The van der Waals surface area contributed by atoms with E-state index in [1.165, 1.54) is 22.1 Å². The van der Waals surface area contributed by atoms with Gasteiger partial charge in [-0.15, -0.1) is 11.3 Å². The molecule has 1 aromatic carbocycles. The molecular formula is C19H19BrN4O3S. The van der Waals surface area contributed by atoms with Gasteiger partial charge in [0.15, 0.2) is 0 Å². The van der Waals surface area contributed by atoms with Gasteiger partial charge < -0.3 is 10.1 Å². The van der Waals surface area contributed by atoms with Crippen LogP contribution in [0.1, 0.15) is 21.1 Å². The van der Waals surface area contributed by atoms with E-state index in [4.69, 9.17) is 4.74 Å². The molecule has 7 nitrogen and oxygen atoms in total. The van der Waals surface area contributed by atoms with Crippen LogP contribution < -0.4 is 15.6 Å². The number of hydrogen-bond acceptors (Lipinski definition) is 6. The molecule has 0 atom stereocenters. The molecule has 0 aliphatic carbocycles. The Morgan fingerprint density at radius 2 is 2.07 bits per heavy atom. The summed E-state index contributed by atoms with van der Waals surface area (Å²) in [7, 11) is 1.54. The maximum atomic E-state index is 12.4. The van der Waals surface area contributed by atoms with Crippen LogP contribution in [0, 0.1) is 13.8 Å². The number of halogens is 1. The van der Waals surface area contributed by atoms with E-state index in [0.29, 0.717) is 21.5 Å². The first-order valence-corrected chi connectivity index (χ1v) is 10.1. The van der Waals surface area contributed by atoms with Gasteiger partial charge in [0, 0.05) is 17.1 Å². The number of aryl methyl sites for hydroxylation is 2. The van der Waals surface area contributed by atoms with Gasteiger partial charge in [-0.3, -0.25) is 9.59 Å². The van der Waals surface area contributed by atoms with Crippen molar-refractivity contribution in [2.45, 2.75) is 20.4 Å². The minimum atomic E-state index is -0.260. The van der Waals surface area contributed by atoms with Crippen LogP contribution in [0.15, 0.2) is 39.6 Å². The van der Waals surface area contributed by atoms with Crippen molar-refractivity contribution in [1.29, 1.82) is 0 Å². The third-order valence-electron chi connectivity index (χ3n) is 4.03. The first-order chi connectivity index (χ1) is 13.4. The molecule has 0 bridgehead atoms. The number of ether oxygens (including phenoxy) is 1. The second kappa shape index (κ2) is 8.66. The molecule has 9 heteroatoms. The Morgan fingerprint density at radius 3 is 2.75 bits per heavy atom. The average molecular weight is 463 g/mol. The summed E-state index contributed by atoms with van der Waals surface area (Å²) in [4.78, 5) is 29.9. The van der Waals surface area contributed by atoms with Crippen LogP contribution in [0.2, 0.25) is 0 Å². The van der Waals surface area contributed by atoms with Crippen molar-refractivity contribution < 1.29 is 9.53 Å². The number of carbonyl (C=O) groups is 1. The number of methoxy groups -OCH3 is 1. The molecule has 3 rings (SSSR count). The molecule has 0 aliphatic rings. The Hall–Kier alpha value is -2.52. The van der Waals surface area contributed by atoms with E-state index in [1.807, 2.05) is 13.8 Å². The quantitative estimate of drug-likeness (QED) is 0.607. The molecule has 0 saturated heterocycles. The van der Waals surface area contributed by atoms with Gasteiger partial charge in [0.05, 0.1) is 34.8 Å². The van der Waals surface area contributed by atoms with Gasteiger partial charge in [0.1, 0.15) is 11.4 Å². The fraction of sp³-hybridized carbons (Fsp3) is 0.263. The van der Waals surface area contributed by atoms with Crippen molar-refractivity contribution in [1.82, 2.24) is 20.1 Å². The molecule has 0 radical (unpaired) electrons. The number of nitrogens with one attached hydrogen (secondary N) is 1. The number of rotatable bonds is 6. The lowest BCUT2D eigenvalue weighted by molar-refractivity contribution is 0.0950. The van der Waals surface area contributed by atoms with Crippen molar-refractivity contribution in [3.8, 4) is 16.3 Å². The highest BCUT2D eigenvalue weighted by Gasteiger charge is 2.13. The molecule has 0 fully saturated rings. The predicted molar refractivity (Wildman–Crippen MR) is 112 cm³/mol. The molecule has 1 amide bonds. The average Bonchev–Trinajstić information content (AvgIpc) is 3.01. The minimum Gasteiger partial charge on any atom is -0.497 e. The smallest absolute Gasteiger partial charge is 0.266 e. The van der Waals surface area contributed by atoms with E-state index in [9.17, 15) is 9.59 Å². The molecule has 0 unspecified atom stereocenters. The lowest BCUT2D eigenvalue weighted by Crippen LogP contribution is -2.32. The zero-order valence-corrected chi connectivity index (χ0v) is 18.1. The number of carbonyl (C=O) groups excluding carboxylic acids is 1. The molecule has 1 N–H and O–H groups in total. The highest BCUT2D eigenvalue weighted by molar-refractivity contribution is 9.10. The Kier molecular flexibility index (Phi) is 6.25. The van der Waals surface area contributed by atoms with Crippen molar-refractivity contribution in [3.63, 3.8) is 0 Å². The first kappa shape index (κ1) is 20.2. The molecule has 3 aromatic rings. The maximum Gasteiger partial charge on any atom is 0.266 e. The standard InChI is InChI=1S/C19H19BrN4O3S/c1-11-18(28-12(2)22-11)16-6-7-17(25)24(23-16)9-8-21-19(26)14-10-13(27-3)4-5-15(14)20/h4-7,10H,8-9H2,1-3H3,(H,21,26). The van der Waals surface area contributed by atoms with Gasteiger partial charge in [-0.1, -0.05) is 0 Å². The Balaban J connectivity index is 1.71. The summed E-state index contributed by atoms with van der Waals surface area (Å²) in [6.45, 7) is 4.38. The monoisotopic (exact) mass is 462 g/mol. The maximum absolute atomic E-state index is 12.4. The van der Waals surface area contributed by atoms with Crippen LogP contribution in [0.4, 0.5) is 0 Å². The van der Waals surface area contributed by atoms with Gasteiger partial charge in [-0.25, -0.2) is 9.67 Å². The van der Waals surface area contributed by atoms with Crippen LogP contribution in [-0.2, 0) is 6.54 Å². The zero-order chi connectivity index (χ0) is 20.3. The lowest BCUT2D eigenvalue weighted by Gasteiger charge is -2.10. The minimum absolute atomic E-state index is 0.223. The topological polar surface area (TPSA) is 86.1 Å². The highest BCUT2D eigenvalue weighted by atomic mass is 79.9. The molecular weight excluding hydrogens is 444 g/mol. The van der Waals surface area contributed by atoms with Crippen LogP contribution in [0.3, 0.4) is 0 Å². The number of amides is 1. The number of hydrogen-bond donors (Lipinski definition) is 1. The van der Waals surface area contributed by atoms with E-state index < -0.39 is 0 Å². The number of benzene rings is 1. The molecule has 0 saturated carbocycles. The summed E-state index contributed by atoms with van der Waals surface area (Å²) in [5, 5.41) is 8.18. The number of aromatic nitrogens is 3.